The van der Waals surface area contributed by atoms with Crippen LogP contribution >= 0.6 is 23.4 Å². The monoisotopic (exact) mass is 418 g/mol. The lowest BCUT2D eigenvalue weighted by atomic mass is 10.0. The molecule has 0 bridgehead atoms. The number of aliphatic imine (C=N–C) groups is 1. The Kier molecular flexibility index (Phi) is 5.65. The second-order valence-corrected chi connectivity index (χ2v) is 10.3. The molecule has 1 aromatic rings. The SMILES string of the molecule is CCC(CC)C(=O)N=C1S[C@H]2CS(=O)(=O)C[C@@H]2N1c1ccc(F)c(Cl)c1. The summed E-state index contributed by atoms with van der Waals surface area (Å²) >= 11 is 7.21. The lowest BCUT2D eigenvalue weighted by molar-refractivity contribution is -0.121. The first-order valence-electron chi connectivity index (χ1n) is 8.49. The van der Waals surface area contributed by atoms with Gasteiger partial charge < -0.3 is 4.90 Å². The van der Waals surface area contributed by atoms with Crippen LogP contribution in [0.25, 0.3) is 0 Å². The normalized spacial score (nSPS) is 25.9. The van der Waals surface area contributed by atoms with Crippen molar-refractivity contribution in [1.82, 2.24) is 0 Å². The Morgan fingerprint density at radius 2 is 2.08 bits per heavy atom. The molecule has 0 N–H and O–H groups in total. The molecule has 2 aliphatic rings. The summed E-state index contributed by atoms with van der Waals surface area (Å²) in [4.78, 5) is 18.5. The van der Waals surface area contributed by atoms with Gasteiger partial charge in [0.25, 0.3) is 5.91 Å². The summed E-state index contributed by atoms with van der Waals surface area (Å²) < 4.78 is 37.6. The fourth-order valence-electron chi connectivity index (χ4n) is 3.32. The van der Waals surface area contributed by atoms with Crippen molar-refractivity contribution in [3.63, 3.8) is 0 Å². The lowest BCUT2D eigenvalue weighted by Crippen LogP contribution is -2.38. The summed E-state index contributed by atoms with van der Waals surface area (Å²) in [6.45, 7) is 3.87. The van der Waals surface area contributed by atoms with E-state index < -0.39 is 15.7 Å². The van der Waals surface area contributed by atoms with Crippen LogP contribution in [0.1, 0.15) is 26.7 Å². The maximum atomic E-state index is 13.5. The number of fused-ring (bicyclic) bond motifs is 1. The molecule has 5 nitrogen and oxygen atoms in total. The smallest absolute Gasteiger partial charge is 0.251 e. The number of carbonyl (C=O) groups is 1. The number of benzene rings is 1. The van der Waals surface area contributed by atoms with E-state index in [1.165, 1.54) is 30.0 Å². The Morgan fingerprint density at radius 3 is 2.69 bits per heavy atom. The lowest BCUT2D eigenvalue weighted by Gasteiger charge is -2.25. The van der Waals surface area contributed by atoms with E-state index in [4.69, 9.17) is 11.6 Å². The molecule has 0 spiro atoms. The van der Waals surface area contributed by atoms with E-state index >= 15 is 0 Å². The van der Waals surface area contributed by atoms with Gasteiger partial charge >= 0.3 is 0 Å². The average molecular weight is 419 g/mol. The van der Waals surface area contributed by atoms with Crippen LogP contribution in [0, 0.1) is 11.7 Å². The van der Waals surface area contributed by atoms with Crippen LogP contribution in [0.5, 0.6) is 0 Å². The second-order valence-electron chi connectivity index (χ2n) is 6.52. The maximum absolute atomic E-state index is 13.5. The molecule has 9 heteroatoms. The van der Waals surface area contributed by atoms with Gasteiger partial charge in [-0.15, -0.1) is 0 Å². The van der Waals surface area contributed by atoms with E-state index in [1.807, 2.05) is 13.8 Å². The number of rotatable bonds is 4. The van der Waals surface area contributed by atoms with E-state index in [9.17, 15) is 17.6 Å². The second kappa shape index (κ2) is 7.48. The van der Waals surface area contributed by atoms with E-state index in [0.29, 0.717) is 23.7 Å². The van der Waals surface area contributed by atoms with E-state index in [1.54, 1.807) is 4.90 Å². The Morgan fingerprint density at radius 1 is 1.38 bits per heavy atom. The van der Waals surface area contributed by atoms with Crippen molar-refractivity contribution < 1.29 is 17.6 Å². The van der Waals surface area contributed by atoms with Crippen LogP contribution in [0.2, 0.25) is 5.02 Å². The van der Waals surface area contributed by atoms with Crippen molar-refractivity contribution in [3.05, 3.63) is 29.0 Å². The fraction of sp³-hybridized carbons (Fsp3) is 0.529. The van der Waals surface area contributed by atoms with Crippen molar-refractivity contribution >= 4 is 50.0 Å². The third-order valence-electron chi connectivity index (χ3n) is 4.79. The standard InChI is InChI=1S/C17H20ClFN2O3S2/c1-3-10(4-2)16(22)20-17-21(11-5-6-13(19)12(18)7-11)14-8-26(23,24)9-15(14)25-17/h5-7,10,14-15H,3-4,8-9H2,1-2H3/t14-,15-/m0/s1. The van der Waals surface area contributed by atoms with Crippen LogP contribution in [0.3, 0.4) is 0 Å². The predicted molar refractivity (Wildman–Crippen MR) is 104 cm³/mol. The molecule has 0 radical (unpaired) electrons. The van der Waals surface area contributed by atoms with Gasteiger partial charge in [0.15, 0.2) is 15.0 Å². The summed E-state index contributed by atoms with van der Waals surface area (Å²) in [6, 6.07) is 3.88. The third-order valence-corrected chi connectivity index (χ3v) is 8.29. The fourth-order valence-corrected chi connectivity index (χ4v) is 7.42. The van der Waals surface area contributed by atoms with Gasteiger partial charge in [0.2, 0.25) is 0 Å². The molecular formula is C17H20ClFN2O3S2. The molecule has 0 aliphatic carbocycles. The molecule has 26 heavy (non-hydrogen) atoms. The summed E-state index contributed by atoms with van der Waals surface area (Å²) in [5.41, 5.74) is 0.546. The number of anilines is 1. The highest BCUT2D eigenvalue weighted by Gasteiger charge is 2.49. The van der Waals surface area contributed by atoms with Gasteiger partial charge in [0, 0.05) is 16.9 Å². The van der Waals surface area contributed by atoms with Crippen LogP contribution in [-0.4, -0.2) is 42.3 Å². The summed E-state index contributed by atoms with van der Waals surface area (Å²) in [7, 11) is -3.15. The number of thioether (sulfide) groups is 1. The molecule has 0 aromatic heterocycles. The van der Waals surface area contributed by atoms with Crippen LogP contribution in [0.15, 0.2) is 23.2 Å². The highest BCUT2D eigenvalue weighted by atomic mass is 35.5. The molecule has 2 aliphatic heterocycles. The number of hydrogen-bond acceptors (Lipinski definition) is 4. The molecule has 1 aromatic carbocycles. The summed E-state index contributed by atoms with van der Waals surface area (Å²) in [5.74, 6) is -0.891. The van der Waals surface area contributed by atoms with E-state index in [-0.39, 0.29) is 39.6 Å². The molecule has 0 unspecified atom stereocenters. The molecule has 0 saturated carbocycles. The number of nitrogens with zero attached hydrogens (tertiary/aromatic N) is 2. The van der Waals surface area contributed by atoms with Crippen molar-refractivity contribution in [3.8, 4) is 0 Å². The minimum Gasteiger partial charge on any atom is -0.316 e. The molecule has 142 valence electrons. The van der Waals surface area contributed by atoms with Gasteiger partial charge in [0.05, 0.1) is 22.6 Å². The van der Waals surface area contributed by atoms with Crippen molar-refractivity contribution in [2.75, 3.05) is 16.4 Å². The zero-order valence-corrected chi connectivity index (χ0v) is 16.9. The Balaban J connectivity index is 2.01. The molecule has 3 rings (SSSR count). The van der Waals surface area contributed by atoms with Crippen molar-refractivity contribution in [2.24, 2.45) is 10.9 Å². The highest BCUT2D eigenvalue weighted by Crippen LogP contribution is 2.41. The Hall–Kier alpha value is -1.12. The molecular weight excluding hydrogens is 399 g/mol. The van der Waals surface area contributed by atoms with Crippen molar-refractivity contribution in [2.45, 2.75) is 38.0 Å². The van der Waals surface area contributed by atoms with Crippen LogP contribution < -0.4 is 4.90 Å². The zero-order valence-electron chi connectivity index (χ0n) is 14.5. The average Bonchev–Trinajstić information content (AvgIpc) is 3.02. The van der Waals surface area contributed by atoms with E-state index in [2.05, 4.69) is 4.99 Å². The number of hydrogen-bond donors (Lipinski definition) is 0. The molecule has 2 atom stereocenters. The Bertz CT molecular complexity index is 856. The number of amidine groups is 1. The van der Waals surface area contributed by atoms with Crippen molar-refractivity contribution in [1.29, 1.82) is 0 Å². The minimum atomic E-state index is -3.15. The first-order chi connectivity index (χ1) is 12.3. The van der Waals surface area contributed by atoms with Gasteiger partial charge in [0.1, 0.15) is 5.82 Å². The van der Waals surface area contributed by atoms with Gasteiger partial charge in [-0.05, 0) is 31.0 Å². The van der Waals surface area contributed by atoms with Crippen LogP contribution in [0.4, 0.5) is 10.1 Å². The summed E-state index contributed by atoms with van der Waals surface area (Å²) in [6.07, 6.45) is 1.39. The number of carbonyl (C=O) groups excluding carboxylic acids is 1. The number of amides is 1. The predicted octanol–water partition coefficient (Wildman–Crippen LogP) is 3.52. The largest absolute Gasteiger partial charge is 0.316 e. The third kappa shape index (κ3) is 3.77. The van der Waals surface area contributed by atoms with Gasteiger partial charge in [-0.3, -0.25) is 4.79 Å². The molecule has 1 amide bonds. The zero-order chi connectivity index (χ0) is 19.1. The maximum Gasteiger partial charge on any atom is 0.251 e. The van der Waals surface area contributed by atoms with E-state index in [0.717, 1.165) is 0 Å². The quantitative estimate of drug-likeness (QED) is 0.748. The molecule has 2 fully saturated rings. The number of halogens is 2. The van der Waals surface area contributed by atoms with Gasteiger partial charge in [-0.2, -0.15) is 4.99 Å². The van der Waals surface area contributed by atoms with Gasteiger partial charge in [-0.25, -0.2) is 12.8 Å². The molecule has 2 saturated heterocycles. The highest BCUT2D eigenvalue weighted by molar-refractivity contribution is 8.16. The van der Waals surface area contributed by atoms with Gasteiger partial charge in [-0.1, -0.05) is 37.2 Å². The first kappa shape index (κ1) is 19.6. The molecule has 2 heterocycles. The summed E-state index contributed by atoms with van der Waals surface area (Å²) in [5, 5.41) is 0.217. The Labute approximate surface area is 161 Å². The topological polar surface area (TPSA) is 66.8 Å². The number of sulfone groups is 1. The van der Waals surface area contributed by atoms with Crippen LogP contribution in [-0.2, 0) is 14.6 Å². The minimum absolute atomic E-state index is 0.0160. The first-order valence-corrected chi connectivity index (χ1v) is 11.6.